The van der Waals surface area contributed by atoms with Gasteiger partial charge < -0.3 is 0 Å². The van der Waals surface area contributed by atoms with Gasteiger partial charge in [0.15, 0.2) is 0 Å². The van der Waals surface area contributed by atoms with Crippen molar-refractivity contribution in [1.29, 1.82) is 0 Å². The van der Waals surface area contributed by atoms with Gasteiger partial charge >= 0.3 is 0 Å². The van der Waals surface area contributed by atoms with Crippen molar-refractivity contribution in [2.24, 2.45) is 0 Å². The minimum absolute atomic E-state index is 1.08. The van der Waals surface area contributed by atoms with E-state index < -0.39 is 0 Å². The fourth-order valence-electron chi connectivity index (χ4n) is 0.993. The van der Waals surface area contributed by atoms with Crippen molar-refractivity contribution in [1.82, 2.24) is 0 Å². The fourth-order valence-corrected chi connectivity index (χ4v) is 0.993. The first-order valence-electron chi connectivity index (χ1n) is 4.43. The largest absolute Gasteiger partial charge is 0.246 e. The molecule has 0 atom stereocenters. The molecule has 0 spiro atoms. The lowest BCUT2D eigenvalue weighted by molar-refractivity contribution is 0.637. The predicted molar refractivity (Wildman–Crippen MR) is 49.1 cm³/mol. The summed E-state index contributed by atoms with van der Waals surface area (Å²) in [6.45, 7) is 8.71. The summed E-state index contributed by atoms with van der Waals surface area (Å²) < 4.78 is 0. The van der Waals surface area contributed by atoms with E-state index in [2.05, 4.69) is 11.8 Å². The summed E-state index contributed by atoms with van der Waals surface area (Å²) in [5.74, 6) is 0. The number of unbranched alkanes of at least 4 members (excludes halogenated alkanes) is 5. The molecule has 0 heterocycles. The average molecular weight is 151 g/mol. The quantitative estimate of drug-likeness (QED) is 0.402. The van der Waals surface area contributed by atoms with Gasteiger partial charge in [0.2, 0.25) is 0 Å². The van der Waals surface area contributed by atoms with E-state index in [0.717, 1.165) is 6.42 Å². The molecular formula is C10H17N. The molecule has 0 fully saturated rings. The first-order chi connectivity index (χ1) is 5.41. The number of hydrogen-bond acceptors (Lipinski definition) is 0. The van der Waals surface area contributed by atoms with Crippen LogP contribution in [0.5, 0.6) is 0 Å². The molecule has 62 valence electrons. The molecule has 11 heavy (non-hydrogen) atoms. The number of hydrogen-bond donors (Lipinski definition) is 0. The summed E-state index contributed by atoms with van der Waals surface area (Å²) in [6.07, 6.45) is 11.2. The van der Waals surface area contributed by atoms with Crippen LogP contribution in [0, 0.1) is 6.57 Å². The van der Waals surface area contributed by atoms with Crippen LogP contribution in [0.4, 0.5) is 0 Å². The maximum atomic E-state index is 6.49. The monoisotopic (exact) mass is 151 g/mol. The predicted octanol–water partition coefficient (Wildman–Crippen LogP) is 3.78. The van der Waals surface area contributed by atoms with Crippen molar-refractivity contribution in [3.8, 4) is 0 Å². The van der Waals surface area contributed by atoms with Crippen LogP contribution in [0.2, 0.25) is 0 Å². The summed E-state index contributed by atoms with van der Waals surface area (Å²) >= 11 is 0. The molecule has 0 aromatic rings. The van der Waals surface area contributed by atoms with Crippen LogP contribution in [0.25, 0.3) is 4.85 Å². The van der Waals surface area contributed by atoms with Gasteiger partial charge in [-0.15, -0.1) is 0 Å². The van der Waals surface area contributed by atoms with Crippen molar-refractivity contribution in [3.05, 3.63) is 23.7 Å². The van der Waals surface area contributed by atoms with Gasteiger partial charge in [-0.3, -0.25) is 0 Å². The van der Waals surface area contributed by atoms with E-state index in [4.69, 9.17) is 6.57 Å². The normalized spacial score (nSPS) is 10.2. The molecule has 0 unspecified atom stereocenters. The summed E-state index contributed by atoms with van der Waals surface area (Å²) in [5, 5.41) is 0. The summed E-state index contributed by atoms with van der Waals surface area (Å²) in [5.41, 5.74) is 0. The van der Waals surface area contributed by atoms with Gasteiger partial charge in [0.25, 0.3) is 0 Å². The lowest BCUT2D eigenvalue weighted by atomic mass is 10.1. The second-order valence-electron chi connectivity index (χ2n) is 2.72. The van der Waals surface area contributed by atoms with Crippen molar-refractivity contribution < 1.29 is 0 Å². The molecule has 0 aliphatic carbocycles. The van der Waals surface area contributed by atoms with Crippen LogP contribution in [0.15, 0.2) is 12.3 Å². The topological polar surface area (TPSA) is 4.36 Å². The van der Waals surface area contributed by atoms with Gasteiger partial charge in [-0.25, -0.2) is 4.85 Å². The Morgan fingerprint density at radius 1 is 1.18 bits per heavy atom. The minimum atomic E-state index is 1.08. The van der Waals surface area contributed by atoms with Crippen LogP contribution in [-0.4, -0.2) is 0 Å². The third kappa shape index (κ3) is 9.23. The number of rotatable bonds is 6. The Hall–Kier alpha value is -0.770. The van der Waals surface area contributed by atoms with Crippen molar-refractivity contribution in [3.63, 3.8) is 0 Å². The van der Waals surface area contributed by atoms with Gasteiger partial charge in [0.1, 0.15) is 6.20 Å². The molecule has 0 radical (unpaired) electrons. The molecule has 0 aliphatic heterocycles. The molecule has 0 saturated carbocycles. The third-order valence-electron chi connectivity index (χ3n) is 1.65. The van der Waals surface area contributed by atoms with Gasteiger partial charge in [-0.2, -0.15) is 0 Å². The molecule has 1 nitrogen and oxygen atoms in total. The van der Waals surface area contributed by atoms with Crippen molar-refractivity contribution >= 4 is 0 Å². The van der Waals surface area contributed by atoms with E-state index in [1.54, 1.807) is 6.20 Å². The lowest BCUT2D eigenvalue weighted by Gasteiger charge is -1.94. The zero-order chi connectivity index (χ0) is 8.36. The summed E-state index contributed by atoms with van der Waals surface area (Å²) in [7, 11) is 0. The molecule has 0 bridgehead atoms. The molecule has 0 saturated heterocycles. The van der Waals surface area contributed by atoms with Crippen LogP contribution in [0.3, 0.4) is 0 Å². The highest BCUT2D eigenvalue weighted by atomic mass is 14.6. The first kappa shape index (κ1) is 10.2. The average Bonchev–Trinajstić information content (AvgIpc) is 2.03. The zero-order valence-electron chi connectivity index (χ0n) is 7.34. The second-order valence-corrected chi connectivity index (χ2v) is 2.72. The minimum Gasteiger partial charge on any atom is -0.246 e. The van der Waals surface area contributed by atoms with Crippen LogP contribution >= 0.6 is 0 Å². The fraction of sp³-hybridized carbons (Fsp3) is 0.700. The van der Waals surface area contributed by atoms with Gasteiger partial charge in [0, 0.05) is 0 Å². The maximum Gasteiger partial charge on any atom is 0.150 e. The molecule has 0 N–H and O–H groups in total. The molecule has 1 heteroatoms. The Bertz CT molecular complexity index is 130. The van der Waals surface area contributed by atoms with Gasteiger partial charge in [-0.05, 0) is 6.42 Å². The highest BCUT2D eigenvalue weighted by Crippen LogP contribution is 2.04. The van der Waals surface area contributed by atoms with E-state index >= 15 is 0 Å². The van der Waals surface area contributed by atoms with Gasteiger partial charge in [0.05, 0.1) is 6.57 Å². The molecule has 0 rings (SSSR count). The molecule has 0 aliphatic rings. The Morgan fingerprint density at radius 2 is 1.91 bits per heavy atom. The smallest absolute Gasteiger partial charge is 0.150 e. The number of nitrogens with zero attached hydrogens (tertiary/aromatic N) is 1. The Balaban J connectivity index is 2.92. The van der Waals surface area contributed by atoms with Crippen LogP contribution in [0.1, 0.15) is 45.4 Å². The van der Waals surface area contributed by atoms with E-state index in [-0.39, 0.29) is 0 Å². The maximum absolute atomic E-state index is 6.49. The SMILES string of the molecule is [C-]#[N+]/C=C\CCCCCCC. The molecular weight excluding hydrogens is 134 g/mol. The lowest BCUT2D eigenvalue weighted by Crippen LogP contribution is -1.75. The van der Waals surface area contributed by atoms with E-state index in [1.165, 1.54) is 32.1 Å². The first-order valence-corrected chi connectivity index (χ1v) is 4.43. The molecule has 0 aromatic heterocycles. The van der Waals surface area contributed by atoms with E-state index in [1.807, 2.05) is 6.08 Å². The van der Waals surface area contributed by atoms with Crippen molar-refractivity contribution in [2.45, 2.75) is 45.4 Å². The van der Waals surface area contributed by atoms with E-state index in [9.17, 15) is 0 Å². The summed E-state index contributed by atoms with van der Waals surface area (Å²) in [4.78, 5) is 3.14. The van der Waals surface area contributed by atoms with Crippen LogP contribution < -0.4 is 0 Å². The highest BCUT2D eigenvalue weighted by Gasteiger charge is 1.85. The Labute approximate surface area is 69.9 Å². The molecule has 0 amide bonds. The zero-order valence-corrected chi connectivity index (χ0v) is 7.34. The Kier molecular flexibility index (Phi) is 8.58. The Morgan fingerprint density at radius 3 is 2.55 bits per heavy atom. The number of allylic oxidation sites excluding steroid dienone is 1. The summed E-state index contributed by atoms with van der Waals surface area (Å²) in [6, 6.07) is 0. The highest BCUT2D eigenvalue weighted by molar-refractivity contribution is 4.88. The van der Waals surface area contributed by atoms with Crippen molar-refractivity contribution in [2.75, 3.05) is 0 Å². The standard InChI is InChI=1S/C10H17N/c1-3-4-5-6-7-8-9-10-11-2/h9-10H,3-8H2,1H3/b10-9-. The van der Waals surface area contributed by atoms with Gasteiger partial charge in [-0.1, -0.05) is 45.1 Å². The second kappa shape index (κ2) is 9.23. The third-order valence-corrected chi connectivity index (χ3v) is 1.65. The molecule has 0 aromatic carbocycles. The van der Waals surface area contributed by atoms with E-state index in [0.29, 0.717) is 0 Å². The van der Waals surface area contributed by atoms with Crippen LogP contribution in [-0.2, 0) is 0 Å².